The number of benzene rings is 1. The molecule has 0 atom stereocenters. The summed E-state index contributed by atoms with van der Waals surface area (Å²) in [4.78, 5) is 10.2. The monoisotopic (exact) mass is 294 g/mol. The van der Waals surface area contributed by atoms with Crippen molar-refractivity contribution >= 4 is 28.0 Å². The molecular formula is C10H6BrF3O2. The first kappa shape index (κ1) is 12.8. The summed E-state index contributed by atoms with van der Waals surface area (Å²) in [5.74, 6) is -1.22. The number of carbonyl (C=O) groups is 1. The number of hydrogen-bond acceptors (Lipinski definition) is 1. The van der Waals surface area contributed by atoms with Crippen molar-refractivity contribution in [1.82, 2.24) is 0 Å². The average Bonchev–Trinajstić information content (AvgIpc) is 2.14. The van der Waals surface area contributed by atoms with Crippen LogP contribution in [0.15, 0.2) is 28.7 Å². The molecule has 2 nitrogen and oxygen atoms in total. The van der Waals surface area contributed by atoms with Gasteiger partial charge in [0.05, 0.1) is 5.56 Å². The fourth-order valence-electron chi connectivity index (χ4n) is 1.06. The van der Waals surface area contributed by atoms with Gasteiger partial charge in [-0.2, -0.15) is 13.2 Å². The second kappa shape index (κ2) is 4.69. The first-order valence-electron chi connectivity index (χ1n) is 4.09. The highest BCUT2D eigenvalue weighted by Crippen LogP contribution is 2.36. The van der Waals surface area contributed by atoms with Crippen LogP contribution in [0, 0.1) is 0 Å². The minimum absolute atomic E-state index is 0.164. The third-order valence-corrected chi connectivity index (χ3v) is 2.62. The number of rotatable bonds is 2. The number of carboxylic acids is 1. The topological polar surface area (TPSA) is 37.3 Å². The molecule has 86 valence electrons. The maximum absolute atomic E-state index is 12.5. The van der Waals surface area contributed by atoms with E-state index in [1.165, 1.54) is 12.1 Å². The van der Waals surface area contributed by atoms with Gasteiger partial charge in [-0.05, 0) is 33.6 Å². The van der Waals surface area contributed by atoms with Crippen LogP contribution in [0.3, 0.4) is 0 Å². The SMILES string of the molecule is O=C(O)C=Cc1cccc(C(F)(F)F)c1Br. The first-order chi connectivity index (χ1) is 7.32. The van der Waals surface area contributed by atoms with E-state index < -0.39 is 17.7 Å². The van der Waals surface area contributed by atoms with Gasteiger partial charge in [-0.3, -0.25) is 0 Å². The Bertz CT molecular complexity index is 438. The van der Waals surface area contributed by atoms with Crippen LogP contribution in [-0.4, -0.2) is 11.1 Å². The van der Waals surface area contributed by atoms with Gasteiger partial charge in [0, 0.05) is 10.5 Å². The van der Waals surface area contributed by atoms with Gasteiger partial charge in [-0.25, -0.2) is 4.79 Å². The molecule has 0 bridgehead atoms. The third-order valence-electron chi connectivity index (χ3n) is 1.74. The van der Waals surface area contributed by atoms with E-state index in [1.54, 1.807) is 0 Å². The largest absolute Gasteiger partial charge is 0.478 e. The van der Waals surface area contributed by atoms with Crippen molar-refractivity contribution in [3.05, 3.63) is 39.9 Å². The molecule has 1 aromatic carbocycles. The zero-order valence-corrected chi connectivity index (χ0v) is 9.34. The van der Waals surface area contributed by atoms with Crippen molar-refractivity contribution in [3.63, 3.8) is 0 Å². The van der Waals surface area contributed by atoms with Crippen LogP contribution >= 0.6 is 15.9 Å². The van der Waals surface area contributed by atoms with E-state index in [0.29, 0.717) is 0 Å². The Morgan fingerprint density at radius 3 is 2.50 bits per heavy atom. The number of aliphatic carboxylic acids is 1. The molecule has 0 spiro atoms. The van der Waals surface area contributed by atoms with Crippen LogP contribution in [0.1, 0.15) is 11.1 Å². The van der Waals surface area contributed by atoms with E-state index in [9.17, 15) is 18.0 Å². The Morgan fingerprint density at radius 1 is 1.38 bits per heavy atom. The molecule has 0 unspecified atom stereocenters. The Labute approximate surface area is 97.5 Å². The van der Waals surface area contributed by atoms with E-state index in [4.69, 9.17) is 5.11 Å². The minimum atomic E-state index is -4.47. The van der Waals surface area contributed by atoms with Crippen molar-refractivity contribution in [1.29, 1.82) is 0 Å². The van der Waals surface area contributed by atoms with E-state index in [2.05, 4.69) is 15.9 Å². The number of carboxylic acid groups (broad SMARTS) is 1. The molecular weight excluding hydrogens is 289 g/mol. The lowest BCUT2D eigenvalue weighted by Gasteiger charge is -2.10. The maximum Gasteiger partial charge on any atom is 0.417 e. The molecule has 0 aliphatic carbocycles. The van der Waals surface area contributed by atoms with Crippen LogP contribution in [0.5, 0.6) is 0 Å². The summed E-state index contributed by atoms with van der Waals surface area (Å²) in [6.45, 7) is 0. The molecule has 0 radical (unpaired) electrons. The second-order valence-electron chi connectivity index (χ2n) is 2.88. The lowest BCUT2D eigenvalue weighted by Crippen LogP contribution is -2.06. The normalized spacial score (nSPS) is 12.0. The standard InChI is InChI=1S/C10H6BrF3O2/c11-9-6(4-5-8(15)16)2-1-3-7(9)10(12,13)14/h1-5H,(H,15,16). The van der Waals surface area contributed by atoms with Crippen molar-refractivity contribution in [2.45, 2.75) is 6.18 Å². The molecule has 0 saturated carbocycles. The second-order valence-corrected chi connectivity index (χ2v) is 3.67. The molecule has 0 aliphatic rings. The molecule has 0 heterocycles. The van der Waals surface area contributed by atoms with Crippen LogP contribution in [0.4, 0.5) is 13.2 Å². The fraction of sp³-hybridized carbons (Fsp3) is 0.100. The van der Waals surface area contributed by atoms with Gasteiger partial charge in [-0.1, -0.05) is 12.1 Å². The summed E-state index contributed by atoms with van der Waals surface area (Å²) in [5, 5.41) is 8.37. The van der Waals surface area contributed by atoms with Crippen molar-refractivity contribution in [2.24, 2.45) is 0 Å². The Hall–Kier alpha value is -1.30. The van der Waals surface area contributed by atoms with E-state index in [-0.39, 0.29) is 10.0 Å². The summed E-state index contributed by atoms with van der Waals surface area (Å²) in [6, 6.07) is 3.52. The van der Waals surface area contributed by atoms with Crippen molar-refractivity contribution < 1.29 is 23.1 Å². The summed E-state index contributed by atoms with van der Waals surface area (Å²) < 4.78 is 37.2. The van der Waals surface area contributed by atoms with Gasteiger partial charge in [0.2, 0.25) is 0 Å². The van der Waals surface area contributed by atoms with E-state index >= 15 is 0 Å². The number of hydrogen-bond donors (Lipinski definition) is 1. The quantitative estimate of drug-likeness (QED) is 0.847. The smallest absolute Gasteiger partial charge is 0.417 e. The molecule has 1 N–H and O–H groups in total. The predicted octanol–water partition coefficient (Wildman–Crippen LogP) is 3.57. The van der Waals surface area contributed by atoms with Gasteiger partial charge >= 0.3 is 12.1 Å². The molecule has 6 heteroatoms. The zero-order chi connectivity index (χ0) is 12.3. The van der Waals surface area contributed by atoms with Gasteiger partial charge in [0.15, 0.2) is 0 Å². The van der Waals surface area contributed by atoms with Gasteiger partial charge in [0.1, 0.15) is 0 Å². The maximum atomic E-state index is 12.5. The van der Waals surface area contributed by atoms with Gasteiger partial charge < -0.3 is 5.11 Å². The lowest BCUT2D eigenvalue weighted by molar-refractivity contribution is -0.138. The highest BCUT2D eigenvalue weighted by Gasteiger charge is 2.33. The Morgan fingerprint density at radius 2 is 2.00 bits per heavy atom. The fourth-order valence-corrected chi connectivity index (χ4v) is 1.68. The Kier molecular flexibility index (Phi) is 3.74. The van der Waals surface area contributed by atoms with Crippen LogP contribution in [0.25, 0.3) is 6.08 Å². The lowest BCUT2D eigenvalue weighted by atomic mass is 10.1. The first-order valence-corrected chi connectivity index (χ1v) is 4.88. The highest BCUT2D eigenvalue weighted by molar-refractivity contribution is 9.10. The highest BCUT2D eigenvalue weighted by atomic mass is 79.9. The van der Waals surface area contributed by atoms with Gasteiger partial charge in [0.25, 0.3) is 0 Å². The minimum Gasteiger partial charge on any atom is -0.478 e. The summed E-state index contributed by atoms with van der Waals surface area (Å²) in [5.41, 5.74) is -0.669. The molecule has 16 heavy (non-hydrogen) atoms. The summed E-state index contributed by atoms with van der Waals surface area (Å²) >= 11 is 2.80. The molecule has 0 amide bonds. The van der Waals surface area contributed by atoms with Crippen molar-refractivity contribution in [2.75, 3.05) is 0 Å². The molecule has 0 aliphatic heterocycles. The molecule has 0 saturated heterocycles. The third kappa shape index (κ3) is 3.10. The summed E-state index contributed by atoms with van der Waals surface area (Å²) in [6.07, 6.45) is -2.59. The molecule has 0 aromatic heterocycles. The van der Waals surface area contributed by atoms with Crippen LogP contribution in [-0.2, 0) is 11.0 Å². The van der Waals surface area contributed by atoms with Gasteiger partial charge in [-0.15, -0.1) is 0 Å². The zero-order valence-electron chi connectivity index (χ0n) is 7.75. The average molecular weight is 295 g/mol. The molecule has 0 fully saturated rings. The number of halogens is 4. The van der Waals surface area contributed by atoms with Crippen LogP contribution < -0.4 is 0 Å². The molecule has 1 aromatic rings. The van der Waals surface area contributed by atoms with E-state index in [0.717, 1.165) is 18.2 Å². The van der Waals surface area contributed by atoms with E-state index in [1.807, 2.05) is 0 Å². The number of alkyl halides is 3. The van der Waals surface area contributed by atoms with Crippen LogP contribution in [0.2, 0.25) is 0 Å². The summed E-state index contributed by atoms with van der Waals surface area (Å²) in [7, 11) is 0. The Balaban J connectivity index is 3.19. The predicted molar refractivity (Wildman–Crippen MR) is 55.8 cm³/mol. The molecule has 1 rings (SSSR count). The van der Waals surface area contributed by atoms with Crippen molar-refractivity contribution in [3.8, 4) is 0 Å².